The van der Waals surface area contributed by atoms with Gasteiger partial charge in [-0.3, -0.25) is 4.79 Å². The number of hydrogen-bond acceptors (Lipinski definition) is 4. The van der Waals surface area contributed by atoms with E-state index in [0.29, 0.717) is 25.6 Å². The molecule has 1 amide bonds. The lowest BCUT2D eigenvalue weighted by molar-refractivity contribution is -0.126. The first kappa shape index (κ1) is 17.7. The van der Waals surface area contributed by atoms with Gasteiger partial charge in [0.15, 0.2) is 0 Å². The van der Waals surface area contributed by atoms with Crippen LogP contribution in [0.2, 0.25) is 0 Å². The van der Waals surface area contributed by atoms with Gasteiger partial charge in [-0.2, -0.15) is 0 Å². The maximum Gasteiger partial charge on any atom is 0.257 e. The molecule has 5 rings (SSSR count). The summed E-state index contributed by atoms with van der Waals surface area (Å²) in [5.41, 5.74) is 1.09. The number of carbonyl (C=O) groups excluding carboxylic acids is 1. The molecule has 1 spiro atoms. The van der Waals surface area contributed by atoms with Gasteiger partial charge in [0, 0.05) is 23.7 Å². The van der Waals surface area contributed by atoms with Crippen LogP contribution in [-0.2, 0) is 16.9 Å². The van der Waals surface area contributed by atoms with Gasteiger partial charge in [0.1, 0.15) is 23.1 Å². The summed E-state index contributed by atoms with van der Waals surface area (Å²) < 4.78 is 33.0. The van der Waals surface area contributed by atoms with Crippen molar-refractivity contribution >= 4 is 5.91 Å². The number of ether oxygens (including phenoxy) is 1. The van der Waals surface area contributed by atoms with Gasteiger partial charge in [0.25, 0.3) is 5.91 Å². The van der Waals surface area contributed by atoms with Crippen LogP contribution in [0.3, 0.4) is 0 Å². The summed E-state index contributed by atoms with van der Waals surface area (Å²) in [5, 5.41) is 0. The second-order valence-electron chi connectivity index (χ2n) is 7.99. The van der Waals surface area contributed by atoms with Crippen molar-refractivity contribution in [1.29, 1.82) is 0 Å². The minimum Gasteiger partial charge on any atom is -0.360 e. The highest BCUT2D eigenvalue weighted by Crippen LogP contribution is 2.43. The molecule has 3 heterocycles. The highest BCUT2D eigenvalue weighted by Gasteiger charge is 2.53. The first-order valence-electron chi connectivity index (χ1n) is 9.80. The summed E-state index contributed by atoms with van der Waals surface area (Å²) in [7, 11) is 0. The highest BCUT2D eigenvalue weighted by molar-refractivity contribution is 5.95. The van der Waals surface area contributed by atoms with Crippen molar-refractivity contribution in [3.63, 3.8) is 0 Å². The van der Waals surface area contributed by atoms with Crippen LogP contribution in [0.5, 0.6) is 0 Å². The van der Waals surface area contributed by atoms with Crippen molar-refractivity contribution in [1.82, 2.24) is 14.9 Å². The first-order chi connectivity index (χ1) is 13.6. The number of fused-ring (bicyclic) bond motifs is 2. The fourth-order valence-electron chi connectivity index (χ4n) is 4.57. The van der Waals surface area contributed by atoms with E-state index in [2.05, 4.69) is 4.98 Å². The number of halogens is 2. The monoisotopic (exact) mass is 385 g/mol. The molecule has 28 heavy (non-hydrogen) atoms. The molecule has 7 heteroatoms. The second-order valence-corrected chi connectivity index (χ2v) is 7.99. The van der Waals surface area contributed by atoms with E-state index in [-0.39, 0.29) is 5.56 Å². The number of hydrogen-bond donors (Lipinski definition) is 0. The largest absolute Gasteiger partial charge is 0.360 e. The number of likely N-dealkylation sites (tertiary alicyclic amines) is 1. The maximum absolute atomic E-state index is 13.9. The molecule has 1 aromatic carbocycles. The van der Waals surface area contributed by atoms with Crippen LogP contribution in [-0.4, -0.2) is 33.9 Å². The number of nitrogens with zero attached hydrogens (tertiary/aromatic N) is 3. The van der Waals surface area contributed by atoms with Gasteiger partial charge in [0.2, 0.25) is 0 Å². The van der Waals surface area contributed by atoms with E-state index < -0.39 is 23.1 Å². The molecule has 0 atom stereocenters. The van der Waals surface area contributed by atoms with Crippen molar-refractivity contribution in [3.8, 4) is 0 Å². The lowest BCUT2D eigenvalue weighted by atomic mass is 9.86. The molecule has 146 valence electrons. The zero-order chi connectivity index (χ0) is 19.3. The van der Waals surface area contributed by atoms with Gasteiger partial charge < -0.3 is 9.64 Å². The van der Waals surface area contributed by atoms with E-state index in [1.807, 2.05) is 6.20 Å². The predicted octanol–water partition coefficient (Wildman–Crippen LogP) is 3.68. The molecule has 0 radical (unpaired) electrons. The van der Waals surface area contributed by atoms with Crippen LogP contribution in [0.1, 0.15) is 65.5 Å². The summed E-state index contributed by atoms with van der Waals surface area (Å²) in [5.74, 6) is -0.677. The molecule has 0 bridgehead atoms. The van der Waals surface area contributed by atoms with Crippen LogP contribution in [0.4, 0.5) is 8.78 Å². The number of benzene rings is 1. The second kappa shape index (κ2) is 6.58. The molecule has 0 N–H and O–H groups in total. The first-order valence-corrected chi connectivity index (χ1v) is 9.80. The molecule has 0 unspecified atom stereocenters. The minimum absolute atomic E-state index is 0.127. The van der Waals surface area contributed by atoms with Gasteiger partial charge >= 0.3 is 0 Å². The Bertz CT molecular complexity index is 937. The topological polar surface area (TPSA) is 55.3 Å². The van der Waals surface area contributed by atoms with Crippen molar-refractivity contribution < 1.29 is 18.3 Å². The number of aromatic nitrogens is 2. The normalized spacial score (nSPS) is 20.9. The maximum atomic E-state index is 13.9. The molecule has 2 fully saturated rings. The minimum atomic E-state index is -0.848. The van der Waals surface area contributed by atoms with E-state index in [1.165, 1.54) is 30.2 Å². The summed E-state index contributed by atoms with van der Waals surface area (Å²) in [6.45, 7) is 1.05. The number of rotatable bonds is 2. The zero-order valence-electron chi connectivity index (χ0n) is 15.5. The van der Waals surface area contributed by atoms with Gasteiger partial charge in [0.05, 0.1) is 31.0 Å². The standard InChI is InChI=1S/C21H21F2N3O2/c22-14-6-7-15(17(23)8-14)20(27)26-11-21(12-26)16-9-24-19(25-18(16)10-28-21)13-4-2-1-3-5-13/h6-9,13H,1-5,10-12H2. The number of carbonyl (C=O) groups is 1. The van der Waals surface area contributed by atoms with Crippen LogP contribution in [0.15, 0.2) is 24.4 Å². The molecule has 1 saturated carbocycles. The Morgan fingerprint density at radius 1 is 1.18 bits per heavy atom. The van der Waals surface area contributed by atoms with Gasteiger partial charge in [-0.1, -0.05) is 19.3 Å². The predicted molar refractivity (Wildman–Crippen MR) is 96.6 cm³/mol. The molecule has 1 saturated heterocycles. The Labute approximate surface area is 161 Å². The Morgan fingerprint density at radius 3 is 2.71 bits per heavy atom. The van der Waals surface area contributed by atoms with E-state index in [0.717, 1.165) is 42.1 Å². The van der Waals surface area contributed by atoms with Gasteiger partial charge in [-0.25, -0.2) is 18.7 Å². The molecule has 3 aliphatic rings. The Kier molecular flexibility index (Phi) is 4.16. The van der Waals surface area contributed by atoms with Crippen LogP contribution in [0, 0.1) is 11.6 Å². The lowest BCUT2D eigenvalue weighted by Gasteiger charge is -2.47. The van der Waals surface area contributed by atoms with Crippen molar-refractivity contribution in [2.75, 3.05) is 13.1 Å². The third-order valence-electron chi connectivity index (χ3n) is 6.17. The van der Waals surface area contributed by atoms with Crippen LogP contribution in [0.25, 0.3) is 0 Å². The average molecular weight is 385 g/mol. The Balaban J connectivity index is 1.32. The van der Waals surface area contributed by atoms with Crippen LogP contribution >= 0.6 is 0 Å². The van der Waals surface area contributed by atoms with Gasteiger partial charge in [-0.05, 0) is 25.0 Å². The summed E-state index contributed by atoms with van der Waals surface area (Å²) >= 11 is 0. The summed E-state index contributed by atoms with van der Waals surface area (Å²) in [4.78, 5) is 23.4. The molecule has 5 nitrogen and oxygen atoms in total. The van der Waals surface area contributed by atoms with Gasteiger partial charge in [-0.15, -0.1) is 0 Å². The molecular weight excluding hydrogens is 364 g/mol. The number of amides is 1. The average Bonchev–Trinajstić information content (AvgIpc) is 3.06. The molecule has 1 aliphatic carbocycles. The molecule has 1 aromatic heterocycles. The third-order valence-corrected chi connectivity index (χ3v) is 6.17. The smallest absolute Gasteiger partial charge is 0.257 e. The quantitative estimate of drug-likeness (QED) is 0.791. The SMILES string of the molecule is O=C(c1ccc(F)cc1F)N1CC2(C1)OCc1nc(C3CCCCC3)ncc12. The van der Waals surface area contributed by atoms with Crippen molar-refractivity contribution in [2.45, 2.75) is 50.2 Å². The zero-order valence-corrected chi connectivity index (χ0v) is 15.5. The fourth-order valence-corrected chi connectivity index (χ4v) is 4.57. The molecule has 2 aromatic rings. The Morgan fingerprint density at radius 2 is 1.96 bits per heavy atom. The highest BCUT2D eigenvalue weighted by atomic mass is 19.1. The van der Waals surface area contributed by atoms with E-state index in [1.54, 1.807) is 0 Å². The van der Waals surface area contributed by atoms with Crippen LogP contribution < -0.4 is 0 Å². The molecular formula is C21H21F2N3O2. The lowest BCUT2D eigenvalue weighted by Crippen LogP contribution is -2.61. The van der Waals surface area contributed by atoms with E-state index in [9.17, 15) is 13.6 Å². The Hall–Kier alpha value is -2.41. The summed E-state index contributed by atoms with van der Waals surface area (Å²) in [6, 6.07) is 3.00. The van der Waals surface area contributed by atoms with Crippen molar-refractivity contribution in [3.05, 3.63) is 58.7 Å². The molecule has 2 aliphatic heterocycles. The van der Waals surface area contributed by atoms with E-state index in [4.69, 9.17) is 9.72 Å². The van der Waals surface area contributed by atoms with E-state index >= 15 is 0 Å². The fraction of sp³-hybridized carbons (Fsp3) is 0.476. The summed E-state index contributed by atoms with van der Waals surface area (Å²) in [6.07, 6.45) is 7.85. The van der Waals surface area contributed by atoms with Crippen molar-refractivity contribution in [2.24, 2.45) is 0 Å². The third kappa shape index (κ3) is 2.80.